The first kappa shape index (κ1) is 22.5. The molecule has 1 saturated heterocycles. The Bertz CT molecular complexity index is 1160. The van der Waals surface area contributed by atoms with Gasteiger partial charge in [0.15, 0.2) is 11.5 Å². The van der Waals surface area contributed by atoms with Gasteiger partial charge in [-0.2, -0.15) is 10.2 Å². The highest BCUT2D eigenvalue weighted by atomic mass is 16.5. The fourth-order valence-corrected chi connectivity index (χ4v) is 4.57. The second kappa shape index (κ2) is 9.02. The fourth-order valence-electron chi connectivity index (χ4n) is 4.57. The summed E-state index contributed by atoms with van der Waals surface area (Å²) in [4.78, 5) is 35.7. The van der Waals surface area contributed by atoms with Crippen LogP contribution in [0.15, 0.2) is 16.9 Å². The average molecular weight is 453 g/mol. The molecule has 10 heteroatoms. The molecule has 0 aliphatic carbocycles. The summed E-state index contributed by atoms with van der Waals surface area (Å²) in [6.45, 7) is 3.74. The van der Waals surface area contributed by atoms with E-state index >= 15 is 0 Å². The molecule has 1 amide bonds. The van der Waals surface area contributed by atoms with E-state index in [2.05, 4.69) is 22.2 Å². The molecule has 1 aromatic heterocycles. The lowest BCUT2D eigenvalue weighted by Gasteiger charge is -2.33. The highest BCUT2D eigenvalue weighted by molar-refractivity contribution is 5.98. The molecule has 2 aliphatic heterocycles. The third kappa shape index (κ3) is 3.84. The Morgan fingerprint density at radius 3 is 2.39 bits per heavy atom. The van der Waals surface area contributed by atoms with Crippen molar-refractivity contribution in [1.29, 1.82) is 5.26 Å². The predicted octanol–water partition coefficient (Wildman–Crippen LogP) is 2.26. The van der Waals surface area contributed by atoms with Gasteiger partial charge in [0.25, 0.3) is 5.56 Å². The topological polar surface area (TPSA) is 130 Å². The number of ether oxygens (including phenoxy) is 3. The molecule has 10 nitrogen and oxygen atoms in total. The molecular weight excluding hydrogens is 426 g/mol. The molecule has 2 unspecified atom stereocenters. The van der Waals surface area contributed by atoms with Crippen LogP contribution in [0.1, 0.15) is 36.8 Å². The molecule has 2 aromatic rings. The molecule has 4 rings (SSSR count). The lowest BCUT2D eigenvalue weighted by molar-refractivity contribution is -0.119. The molecule has 33 heavy (non-hydrogen) atoms. The zero-order valence-electron chi connectivity index (χ0n) is 19.1. The quantitative estimate of drug-likeness (QED) is 0.705. The molecule has 3 heterocycles. The smallest absolute Gasteiger partial charge is 0.258 e. The van der Waals surface area contributed by atoms with E-state index in [4.69, 9.17) is 14.2 Å². The number of hydrogen-bond donors (Lipinski definition) is 2. The van der Waals surface area contributed by atoms with Crippen LogP contribution in [0, 0.1) is 23.2 Å². The summed E-state index contributed by atoms with van der Waals surface area (Å²) < 4.78 is 16.4. The number of carbonyl (C=O) groups excluding carboxylic acids is 1. The van der Waals surface area contributed by atoms with Crippen LogP contribution in [0.2, 0.25) is 0 Å². The van der Waals surface area contributed by atoms with E-state index in [0.717, 1.165) is 25.9 Å². The summed E-state index contributed by atoms with van der Waals surface area (Å²) >= 11 is 0. The van der Waals surface area contributed by atoms with Gasteiger partial charge in [-0.05, 0) is 24.8 Å². The monoisotopic (exact) mass is 453 g/mol. The van der Waals surface area contributed by atoms with Crippen LogP contribution < -0.4 is 30.0 Å². The van der Waals surface area contributed by atoms with Gasteiger partial charge < -0.3 is 24.4 Å². The number of rotatable bonds is 5. The first-order chi connectivity index (χ1) is 15.9. The number of piperidine rings is 1. The average Bonchev–Trinajstić information content (AvgIpc) is 2.82. The van der Waals surface area contributed by atoms with E-state index < -0.39 is 23.3 Å². The van der Waals surface area contributed by atoms with Crippen molar-refractivity contribution in [2.75, 3.05) is 44.6 Å². The Morgan fingerprint density at radius 1 is 1.09 bits per heavy atom. The molecule has 0 saturated carbocycles. The Labute approximate surface area is 191 Å². The van der Waals surface area contributed by atoms with Crippen LogP contribution in [0.25, 0.3) is 0 Å². The fraction of sp³-hybridized carbons (Fsp3) is 0.478. The van der Waals surface area contributed by atoms with Crippen LogP contribution in [-0.2, 0) is 4.79 Å². The van der Waals surface area contributed by atoms with E-state index in [-0.39, 0.29) is 17.1 Å². The van der Waals surface area contributed by atoms with E-state index in [0.29, 0.717) is 28.9 Å². The normalized spacial score (nSPS) is 20.5. The number of carbonyl (C=O) groups is 1. The number of aromatic nitrogens is 2. The van der Waals surface area contributed by atoms with Crippen molar-refractivity contribution >= 4 is 17.7 Å². The standard InChI is InChI=1S/C23H27N5O5/c1-12-7-9-28(10-8-12)23-26-20-17(22(30)27-23)16(14(11-24)21(29)25-20)13-5-6-15(31-2)19(33-4)18(13)32-3/h5-6,12,14,16H,7-10H2,1-4H3,(H2,25,26,27,29,30). The molecular formula is C23H27N5O5. The SMILES string of the molecule is COc1ccc(C2c3c(nc(N4CCC(C)CC4)[nH]c3=O)NC(=O)C2C#N)c(OC)c1OC. The van der Waals surface area contributed by atoms with Gasteiger partial charge in [0.2, 0.25) is 17.6 Å². The largest absolute Gasteiger partial charge is 0.493 e. The van der Waals surface area contributed by atoms with Crippen molar-refractivity contribution in [2.24, 2.45) is 11.8 Å². The van der Waals surface area contributed by atoms with E-state index in [1.165, 1.54) is 21.3 Å². The summed E-state index contributed by atoms with van der Waals surface area (Å²) in [5.74, 6) is -0.374. The van der Waals surface area contributed by atoms with Gasteiger partial charge in [-0.25, -0.2) is 0 Å². The number of nitrogens with zero attached hydrogens (tertiary/aromatic N) is 3. The summed E-state index contributed by atoms with van der Waals surface area (Å²) in [7, 11) is 4.42. The minimum atomic E-state index is -1.16. The molecule has 174 valence electrons. The van der Waals surface area contributed by atoms with Crippen molar-refractivity contribution in [3.05, 3.63) is 33.6 Å². The second-order valence-electron chi connectivity index (χ2n) is 8.32. The number of methoxy groups -OCH3 is 3. The first-order valence-electron chi connectivity index (χ1n) is 10.8. The van der Waals surface area contributed by atoms with E-state index in [9.17, 15) is 14.9 Å². The predicted molar refractivity (Wildman–Crippen MR) is 121 cm³/mol. The third-order valence-corrected chi connectivity index (χ3v) is 6.40. The van der Waals surface area contributed by atoms with Crippen molar-refractivity contribution < 1.29 is 19.0 Å². The minimum Gasteiger partial charge on any atom is -0.493 e. The number of amides is 1. The summed E-state index contributed by atoms with van der Waals surface area (Å²) in [5.41, 5.74) is 0.265. The molecule has 0 bridgehead atoms. The van der Waals surface area contributed by atoms with Gasteiger partial charge >= 0.3 is 0 Å². The third-order valence-electron chi connectivity index (χ3n) is 6.40. The second-order valence-corrected chi connectivity index (χ2v) is 8.32. The van der Waals surface area contributed by atoms with E-state index in [1.54, 1.807) is 12.1 Å². The Hall–Kier alpha value is -3.74. The number of nitriles is 1. The molecule has 1 aromatic carbocycles. The molecule has 2 aliphatic rings. The molecule has 1 fully saturated rings. The maximum absolute atomic E-state index is 13.3. The maximum Gasteiger partial charge on any atom is 0.258 e. The summed E-state index contributed by atoms with van der Waals surface area (Å²) in [5, 5.41) is 12.5. The lowest BCUT2D eigenvalue weighted by Crippen LogP contribution is -2.40. The summed E-state index contributed by atoms with van der Waals surface area (Å²) in [6.07, 6.45) is 1.99. The van der Waals surface area contributed by atoms with Gasteiger partial charge in [0, 0.05) is 24.6 Å². The summed E-state index contributed by atoms with van der Waals surface area (Å²) in [6, 6.07) is 5.37. The Morgan fingerprint density at radius 2 is 1.79 bits per heavy atom. The van der Waals surface area contributed by atoms with Crippen LogP contribution in [-0.4, -0.2) is 50.3 Å². The van der Waals surface area contributed by atoms with Crippen molar-refractivity contribution in [3.63, 3.8) is 0 Å². The number of H-pyrrole nitrogens is 1. The Kier molecular flexibility index (Phi) is 6.14. The molecule has 2 N–H and O–H groups in total. The van der Waals surface area contributed by atoms with Crippen LogP contribution in [0.3, 0.4) is 0 Å². The van der Waals surface area contributed by atoms with Crippen molar-refractivity contribution in [1.82, 2.24) is 9.97 Å². The van der Waals surface area contributed by atoms with Gasteiger partial charge in [-0.3, -0.25) is 14.6 Å². The number of nitrogens with one attached hydrogen (secondary N) is 2. The zero-order valence-corrected chi connectivity index (χ0v) is 19.1. The zero-order chi connectivity index (χ0) is 23.7. The van der Waals surface area contributed by atoms with Gasteiger partial charge in [-0.15, -0.1) is 0 Å². The highest BCUT2D eigenvalue weighted by Gasteiger charge is 2.42. The van der Waals surface area contributed by atoms with Crippen LogP contribution in [0.5, 0.6) is 17.2 Å². The van der Waals surface area contributed by atoms with Gasteiger partial charge in [0.05, 0.1) is 33.0 Å². The van der Waals surface area contributed by atoms with Gasteiger partial charge in [-0.1, -0.05) is 13.0 Å². The number of anilines is 2. The van der Waals surface area contributed by atoms with Crippen molar-refractivity contribution in [3.8, 4) is 23.3 Å². The molecule has 0 radical (unpaired) electrons. The molecule has 0 spiro atoms. The maximum atomic E-state index is 13.3. The highest BCUT2D eigenvalue weighted by Crippen LogP contribution is 2.48. The molecule has 2 atom stereocenters. The lowest BCUT2D eigenvalue weighted by atomic mass is 9.78. The van der Waals surface area contributed by atoms with E-state index in [1.807, 2.05) is 11.0 Å². The number of aromatic amines is 1. The first-order valence-corrected chi connectivity index (χ1v) is 10.8. The van der Waals surface area contributed by atoms with Crippen LogP contribution in [0.4, 0.5) is 11.8 Å². The van der Waals surface area contributed by atoms with Crippen molar-refractivity contribution in [2.45, 2.75) is 25.7 Å². The number of fused-ring (bicyclic) bond motifs is 1. The van der Waals surface area contributed by atoms with Crippen LogP contribution >= 0.6 is 0 Å². The number of hydrogen-bond acceptors (Lipinski definition) is 8. The Balaban J connectivity index is 1.88. The number of benzene rings is 1. The minimum absolute atomic E-state index is 0.158. The van der Waals surface area contributed by atoms with Gasteiger partial charge in [0.1, 0.15) is 11.7 Å².